The molecule has 8 nitrogen and oxygen atoms in total. The monoisotopic (exact) mass is 417 g/mol. The van der Waals surface area contributed by atoms with Crippen LogP contribution in [0.25, 0.3) is 0 Å². The van der Waals surface area contributed by atoms with Gasteiger partial charge in [0, 0.05) is 45.8 Å². The number of Topliss-reactive ketones (excluding diaryl/α,β-unsaturated/α-hetero) is 1. The van der Waals surface area contributed by atoms with Crippen molar-refractivity contribution >= 4 is 25.8 Å². The van der Waals surface area contributed by atoms with Crippen LogP contribution < -0.4 is 0 Å². The Morgan fingerprint density at radius 1 is 1.00 bits per heavy atom. The summed E-state index contributed by atoms with van der Waals surface area (Å²) in [5, 5.41) is 0. The third-order valence-corrected chi connectivity index (χ3v) is 8.49. The molecule has 1 aromatic carbocycles. The average molecular weight is 418 g/mol. The number of hydrogen-bond donors (Lipinski definition) is 0. The summed E-state index contributed by atoms with van der Waals surface area (Å²) in [6.07, 6.45) is 0.514. The van der Waals surface area contributed by atoms with Gasteiger partial charge in [0.1, 0.15) is 0 Å². The van der Waals surface area contributed by atoms with Crippen LogP contribution in [0.4, 0.5) is 0 Å². The lowest BCUT2D eigenvalue weighted by molar-refractivity contribution is 0.101. The number of rotatable bonds is 8. The Hall–Kier alpha value is -1.33. The van der Waals surface area contributed by atoms with Crippen molar-refractivity contribution in [1.82, 2.24) is 13.5 Å². The van der Waals surface area contributed by atoms with Gasteiger partial charge in [0.2, 0.25) is 20.0 Å². The molecule has 0 aromatic heterocycles. The zero-order valence-corrected chi connectivity index (χ0v) is 17.6. The first-order chi connectivity index (χ1) is 12.5. The Morgan fingerprint density at radius 3 is 2.04 bits per heavy atom. The molecule has 0 saturated carbocycles. The van der Waals surface area contributed by atoms with Gasteiger partial charge in [-0.3, -0.25) is 4.79 Å². The largest absolute Gasteiger partial charge is 0.301 e. The fourth-order valence-electron chi connectivity index (χ4n) is 2.86. The van der Waals surface area contributed by atoms with E-state index in [4.69, 9.17) is 0 Å². The Balaban J connectivity index is 1.89. The second-order valence-corrected chi connectivity index (χ2v) is 11.0. The molecule has 2 rings (SSSR count). The van der Waals surface area contributed by atoms with Gasteiger partial charge >= 0.3 is 0 Å². The summed E-state index contributed by atoms with van der Waals surface area (Å²) >= 11 is 0. The third-order valence-electron chi connectivity index (χ3n) is 4.66. The molecule has 0 radical (unpaired) electrons. The lowest BCUT2D eigenvalue weighted by Crippen LogP contribution is -2.48. The summed E-state index contributed by atoms with van der Waals surface area (Å²) in [6.45, 7) is 3.90. The molecule has 0 aliphatic carbocycles. The number of benzene rings is 1. The van der Waals surface area contributed by atoms with Crippen molar-refractivity contribution in [3.63, 3.8) is 0 Å². The quantitative estimate of drug-likeness (QED) is 0.571. The molecule has 1 heterocycles. The molecular weight excluding hydrogens is 390 g/mol. The molecule has 1 aliphatic heterocycles. The Kier molecular flexibility index (Phi) is 7.14. The fourth-order valence-corrected chi connectivity index (χ4v) is 5.14. The minimum atomic E-state index is -3.59. The van der Waals surface area contributed by atoms with E-state index in [-0.39, 0.29) is 16.4 Å². The van der Waals surface area contributed by atoms with Gasteiger partial charge in [0.05, 0.1) is 10.6 Å². The fraction of sp³-hybridized carbons (Fsp3) is 0.588. The summed E-state index contributed by atoms with van der Waals surface area (Å²) in [5.41, 5.74) is 0.478. The minimum absolute atomic E-state index is 0.0843. The highest BCUT2D eigenvalue weighted by atomic mass is 32.2. The van der Waals surface area contributed by atoms with Crippen molar-refractivity contribution in [1.29, 1.82) is 0 Å². The number of piperazine rings is 1. The summed E-state index contributed by atoms with van der Waals surface area (Å²) in [4.78, 5) is 13.6. The number of nitrogens with zero attached hydrogens (tertiary/aromatic N) is 3. The van der Waals surface area contributed by atoms with E-state index in [0.29, 0.717) is 44.7 Å². The molecule has 0 atom stereocenters. The van der Waals surface area contributed by atoms with E-state index < -0.39 is 20.0 Å². The highest BCUT2D eigenvalue weighted by molar-refractivity contribution is 7.89. The molecule has 1 fully saturated rings. The smallest absolute Gasteiger partial charge is 0.243 e. The van der Waals surface area contributed by atoms with Gasteiger partial charge in [0.15, 0.2) is 5.78 Å². The summed E-state index contributed by atoms with van der Waals surface area (Å²) in [5.74, 6) is -0.0232. The Morgan fingerprint density at radius 2 is 1.56 bits per heavy atom. The molecule has 1 aliphatic rings. The highest BCUT2D eigenvalue weighted by Crippen LogP contribution is 2.18. The topological polar surface area (TPSA) is 95.1 Å². The molecule has 27 heavy (non-hydrogen) atoms. The second-order valence-electron chi connectivity index (χ2n) is 6.78. The second kappa shape index (κ2) is 8.78. The predicted octanol–water partition coefficient (Wildman–Crippen LogP) is 0.477. The van der Waals surface area contributed by atoms with Crippen molar-refractivity contribution in [3.8, 4) is 0 Å². The minimum Gasteiger partial charge on any atom is -0.301 e. The number of carbonyl (C=O) groups is 1. The van der Waals surface area contributed by atoms with E-state index in [0.717, 1.165) is 0 Å². The van der Waals surface area contributed by atoms with Crippen LogP contribution in [0.15, 0.2) is 29.2 Å². The SMILES string of the molecule is CC(=O)c1ccc(S(=O)(=O)N2CCN(CCCS(=O)(=O)N(C)C)CC2)cc1. The number of ketones is 1. The first-order valence-electron chi connectivity index (χ1n) is 8.78. The van der Waals surface area contributed by atoms with Gasteiger partial charge in [-0.15, -0.1) is 0 Å². The Bertz CT molecular complexity index is 856. The lowest BCUT2D eigenvalue weighted by Gasteiger charge is -2.34. The van der Waals surface area contributed by atoms with Crippen molar-refractivity contribution in [3.05, 3.63) is 29.8 Å². The van der Waals surface area contributed by atoms with Crippen LogP contribution in [-0.4, -0.2) is 88.7 Å². The van der Waals surface area contributed by atoms with E-state index in [1.165, 1.54) is 53.9 Å². The van der Waals surface area contributed by atoms with Crippen LogP contribution in [0.5, 0.6) is 0 Å². The maximum Gasteiger partial charge on any atom is 0.243 e. The molecule has 0 amide bonds. The summed E-state index contributed by atoms with van der Waals surface area (Å²) in [7, 11) is -3.76. The van der Waals surface area contributed by atoms with E-state index >= 15 is 0 Å². The first-order valence-corrected chi connectivity index (χ1v) is 11.8. The van der Waals surface area contributed by atoms with Gasteiger partial charge in [-0.1, -0.05) is 12.1 Å². The molecular formula is C17H27N3O5S2. The first kappa shape index (κ1) is 22.0. The number of hydrogen-bond acceptors (Lipinski definition) is 6. The normalized spacial score (nSPS) is 17.3. The van der Waals surface area contributed by atoms with Crippen LogP contribution in [0, 0.1) is 0 Å². The standard InChI is InChI=1S/C17H27N3O5S2/c1-15(21)16-5-7-17(8-6-16)27(24,25)20-12-10-19(11-13-20)9-4-14-26(22,23)18(2)3/h5-8H,4,9-14H2,1-3H3. The lowest BCUT2D eigenvalue weighted by atomic mass is 10.2. The van der Waals surface area contributed by atoms with Gasteiger partial charge in [0.25, 0.3) is 0 Å². The van der Waals surface area contributed by atoms with Crippen molar-refractivity contribution in [2.24, 2.45) is 0 Å². The summed E-state index contributed by atoms with van der Waals surface area (Å²) < 4.78 is 51.7. The summed E-state index contributed by atoms with van der Waals surface area (Å²) in [6, 6.07) is 5.97. The zero-order chi connectivity index (χ0) is 20.2. The maximum atomic E-state index is 12.7. The molecule has 0 spiro atoms. The Labute approximate surface area is 161 Å². The van der Waals surface area contributed by atoms with Crippen molar-refractivity contribution in [2.75, 3.05) is 52.6 Å². The number of carbonyl (C=O) groups excluding carboxylic acids is 1. The molecule has 1 aromatic rings. The van der Waals surface area contributed by atoms with Crippen LogP contribution in [0.3, 0.4) is 0 Å². The van der Waals surface area contributed by atoms with Crippen LogP contribution in [-0.2, 0) is 20.0 Å². The predicted molar refractivity (Wildman–Crippen MR) is 104 cm³/mol. The van der Waals surface area contributed by atoms with Gasteiger partial charge in [-0.25, -0.2) is 21.1 Å². The van der Waals surface area contributed by atoms with E-state index in [1.54, 1.807) is 0 Å². The van der Waals surface area contributed by atoms with Crippen molar-refractivity contribution < 1.29 is 21.6 Å². The van der Waals surface area contributed by atoms with Crippen LogP contribution in [0.2, 0.25) is 0 Å². The van der Waals surface area contributed by atoms with Gasteiger partial charge in [-0.05, 0) is 32.0 Å². The molecule has 0 unspecified atom stereocenters. The zero-order valence-electron chi connectivity index (χ0n) is 16.0. The highest BCUT2D eigenvalue weighted by Gasteiger charge is 2.28. The van der Waals surface area contributed by atoms with Crippen LogP contribution in [0.1, 0.15) is 23.7 Å². The molecule has 10 heteroatoms. The van der Waals surface area contributed by atoms with E-state index in [1.807, 2.05) is 0 Å². The molecule has 0 bridgehead atoms. The number of sulfonamides is 2. The third kappa shape index (κ3) is 5.58. The molecule has 1 saturated heterocycles. The van der Waals surface area contributed by atoms with E-state index in [9.17, 15) is 21.6 Å². The van der Waals surface area contributed by atoms with Crippen LogP contribution >= 0.6 is 0 Å². The average Bonchev–Trinajstić information content (AvgIpc) is 2.62. The van der Waals surface area contributed by atoms with E-state index in [2.05, 4.69) is 4.90 Å². The van der Waals surface area contributed by atoms with Gasteiger partial charge < -0.3 is 4.90 Å². The molecule has 0 N–H and O–H groups in total. The van der Waals surface area contributed by atoms with Crippen molar-refractivity contribution in [2.45, 2.75) is 18.2 Å². The maximum absolute atomic E-state index is 12.7. The van der Waals surface area contributed by atoms with Gasteiger partial charge in [-0.2, -0.15) is 4.31 Å². The molecule has 152 valence electrons.